The van der Waals surface area contributed by atoms with Gasteiger partial charge in [-0.1, -0.05) is 35.9 Å². The number of nitrogens with zero attached hydrogens (tertiary/aromatic N) is 4. The van der Waals surface area contributed by atoms with Gasteiger partial charge in [0.1, 0.15) is 12.4 Å². The summed E-state index contributed by atoms with van der Waals surface area (Å²) in [7, 11) is 1.59. The summed E-state index contributed by atoms with van der Waals surface area (Å²) in [6.07, 6.45) is -0.220. The lowest BCUT2D eigenvalue weighted by Gasteiger charge is -2.16. The lowest BCUT2D eigenvalue weighted by Crippen LogP contribution is -2.42. The number of benzene rings is 3. The molecule has 0 aliphatic rings. The minimum Gasteiger partial charge on any atom is -0.497 e. The predicted octanol–water partition coefficient (Wildman–Crippen LogP) is 5.40. The number of rotatable bonds is 12. The van der Waals surface area contributed by atoms with E-state index >= 15 is 0 Å². The third kappa shape index (κ3) is 7.45. The quantitative estimate of drug-likeness (QED) is 0.195. The first-order valence-corrected chi connectivity index (χ1v) is 14.0. The molecule has 0 saturated heterocycles. The molecule has 44 heavy (non-hydrogen) atoms. The molecule has 11 nitrogen and oxygen atoms in total. The van der Waals surface area contributed by atoms with Crippen LogP contribution in [0.3, 0.4) is 0 Å². The van der Waals surface area contributed by atoms with Crippen LogP contribution in [-0.4, -0.2) is 32.5 Å². The molecule has 1 N–H and O–H groups in total. The molecule has 0 spiro atoms. The van der Waals surface area contributed by atoms with E-state index in [-0.39, 0.29) is 54.8 Å². The average molecular weight is 622 g/mol. The first-order valence-electron chi connectivity index (χ1n) is 13.6. The zero-order chi connectivity index (χ0) is 31.2. The van der Waals surface area contributed by atoms with Crippen molar-refractivity contribution in [2.75, 3.05) is 12.4 Å². The molecule has 228 valence electrons. The third-order valence-electron chi connectivity index (χ3n) is 6.35. The number of aromatic nitrogens is 4. The molecule has 0 amide bonds. The van der Waals surface area contributed by atoms with Crippen molar-refractivity contribution in [3.8, 4) is 17.4 Å². The van der Waals surface area contributed by atoms with Crippen LogP contribution in [0.5, 0.6) is 17.4 Å². The molecule has 0 atom stereocenters. The Bertz CT molecular complexity index is 1850. The van der Waals surface area contributed by atoms with Gasteiger partial charge in [-0.3, -0.25) is 4.57 Å². The summed E-state index contributed by atoms with van der Waals surface area (Å²) in [6.45, 7) is 3.58. The first-order chi connectivity index (χ1) is 21.2. The summed E-state index contributed by atoms with van der Waals surface area (Å²) >= 11 is 6.04. The van der Waals surface area contributed by atoms with Gasteiger partial charge in [0.2, 0.25) is 5.95 Å². The summed E-state index contributed by atoms with van der Waals surface area (Å²) in [5.74, 6) is 0.497. The number of nitrogens with one attached hydrogen (secondary N) is 1. The van der Waals surface area contributed by atoms with Crippen LogP contribution in [0.15, 0.2) is 86.9 Å². The highest BCUT2D eigenvalue weighted by Crippen LogP contribution is 2.24. The Kier molecular flexibility index (Phi) is 9.29. The van der Waals surface area contributed by atoms with Gasteiger partial charge in [0.05, 0.1) is 26.3 Å². The van der Waals surface area contributed by atoms with Crippen LogP contribution >= 0.6 is 11.6 Å². The molecule has 2 aromatic heterocycles. The van der Waals surface area contributed by atoms with E-state index in [0.717, 1.165) is 15.9 Å². The standard InChI is InChI=1S/C31H29ClFN5O6/c1-19(2)43-27-13-10-23(14-26(27)33)34-29-35-30(39)38(31(40)37(29)16-20-4-8-22(32)9-5-20)17-25-15-28(36-44-25)42-18-21-6-11-24(41-3)12-7-21/h4-15,19H,16-18H2,1-3H3,(H,34,35,39). The van der Waals surface area contributed by atoms with Crippen LogP contribution in [-0.2, 0) is 19.7 Å². The van der Waals surface area contributed by atoms with Crippen molar-refractivity contribution in [2.45, 2.75) is 39.6 Å². The normalized spacial score (nSPS) is 11.0. The minimum absolute atomic E-state index is 0.0370. The molecule has 5 aromatic rings. The minimum atomic E-state index is -0.845. The van der Waals surface area contributed by atoms with Crippen LogP contribution in [0, 0.1) is 5.82 Å². The van der Waals surface area contributed by atoms with Crippen molar-refractivity contribution < 1.29 is 23.1 Å². The van der Waals surface area contributed by atoms with Crippen LogP contribution in [0.2, 0.25) is 5.02 Å². The Morgan fingerprint density at radius 1 is 0.955 bits per heavy atom. The van der Waals surface area contributed by atoms with Gasteiger partial charge in [-0.25, -0.2) is 18.5 Å². The zero-order valence-corrected chi connectivity index (χ0v) is 24.9. The monoisotopic (exact) mass is 621 g/mol. The highest BCUT2D eigenvalue weighted by Gasteiger charge is 2.18. The largest absolute Gasteiger partial charge is 0.497 e. The van der Waals surface area contributed by atoms with E-state index in [0.29, 0.717) is 10.6 Å². The fourth-order valence-electron chi connectivity index (χ4n) is 4.20. The molecule has 5 rings (SSSR count). The average Bonchev–Trinajstić information content (AvgIpc) is 3.46. The molecule has 0 unspecified atom stereocenters. The van der Waals surface area contributed by atoms with E-state index in [1.807, 2.05) is 24.3 Å². The molecule has 2 heterocycles. The van der Waals surface area contributed by atoms with Gasteiger partial charge in [0, 0.05) is 22.8 Å². The van der Waals surface area contributed by atoms with Gasteiger partial charge in [-0.05, 0) is 66.5 Å². The summed E-state index contributed by atoms with van der Waals surface area (Å²) in [5, 5.41) is 7.31. The van der Waals surface area contributed by atoms with Crippen molar-refractivity contribution in [1.82, 2.24) is 19.3 Å². The fourth-order valence-corrected chi connectivity index (χ4v) is 4.33. The predicted molar refractivity (Wildman–Crippen MR) is 162 cm³/mol. The van der Waals surface area contributed by atoms with Crippen molar-refractivity contribution in [3.63, 3.8) is 0 Å². The van der Waals surface area contributed by atoms with Gasteiger partial charge in [-0.2, -0.15) is 4.98 Å². The first kappa shape index (κ1) is 30.4. The maximum Gasteiger partial charge on any atom is 0.355 e. The lowest BCUT2D eigenvalue weighted by atomic mass is 10.2. The molecule has 0 bridgehead atoms. The zero-order valence-electron chi connectivity index (χ0n) is 24.1. The number of ether oxygens (including phenoxy) is 3. The topological polar surface area (TPSA) is 123 Å². The van der Waals surface area contributed by atoms with E-state index in [9.17, 15) is 14.0 Å². The van der Waals surface area contributed by atoms with Crippen molar-refractivity contribution in [3.05, 3.63) is 121 Å². The highest BCUT2D eigenvalue weighted by molar-refractivity contribution is 6.30. The molecule has 3 aromatic carbocycles. The molecular weight excluding hydrogens is 593 g/mol. The molecule has 0 fully saturated rings. The van der Waals surface area contributed by atoms with Crippen LogP contribution in [0.1, 0.15) is 30.7 Å². The maximum absolute atomic E-state index is 14.7. The molecular formula is C31H29ClFN5O6. The van der Waals surface area contributed by atoms with Gasteiger partial charge in [-0.15, -0.1) is 0 Å². The molecule has 0 radical (unpaired) electrons. The second kappa shape index (κ2) is 13.5. The summed E-state index contributed by atoms with van der Waals surface area (Å²) in [5.41, 5.74) is 0.335. The fraction of sp³-hybridized carbons (Fsp3) is 0.226. The van der Waals surface area contributed by atoms with Gasteiger partial charge in [0.25, 0.3) is 5.88 Å². The van der Waals surface area contributed by atoms with Gasteiger partial charge in [0.15, 0.2) is 17.3 Å². The second-order valence-electron chi connectivity index (χ2n) is 10.0. The van der Waals surface area contributed by atoms with E-state index in [2.05, 4.69) is 15.5 Å². The van der Waals surface area contributed by atoms with E-state index in [1.54, 1.807) is 51.3 Å². The highest BCUT2D eigenvalue weighted by atomic mass is 35.5. The summed E-state index contributed by atoms with van der Waals surface area (Å²) in [4.78, 5) is 30.9. The number of hydrogen-bond acceptors (Lipinski definition) is 9. The third-order valence-corrected chi connectivity index (χ3v) is 6.60. The van der Waals surface area contributed by atoms with Crippen LogP contribution in [0.25, 0.3) is 0 Å². The Morgan fingerprint density at radius 3 is 2.36 bits per heavy atom. The van der Waals surface area contributed by atoms with Gasteiger partial charge < -0.3 is 24.1 Å². The lowest BCUT2D eigenvalue weighted by molar-refractivity contribution is 0.231. The van der Waals surface area contributed by atoms with Gasteiger partial charge >= 0.3 is 11.4 Å². The molecule has 0 aliphatic heterocycles. The van der Waals surface area contributed by atoms with Crippen molar-refractivity contribution >= 4 is 23.2 Å². The number of halogens is 2. The Labute approximate surface area is 256 Å². The Hall–Kier alpha value is -5.10. The smallest absolute Gasteiger partial charge is 0.355 e. The molecule has 0 saturated carbocycles. The SMILES string of the molecule is COc1ccc(COc2cc(Cn3c(=O)nc(Nc4ccc(OC(C)C)c(F)c4)n(Cc4ccc(Cl)cc4)c3=O)on2)cc1. The maximum atomic E-state index is 14.7. The summed E-state index contributed by atoms with van der Waals surface area (Å²) < 4.78 is 38.5. The molecule has 13 heteroatoms. The van der Waals surface area contributed by atoms with Crippen molar-refractivity contribution in [2.24, 2.45) is 0 Å². The Balaban J connectivity index is 1.41. The van der Waals surface area contributed by atoms with Crippen molar-refractivity contribution in [1.29, 1.82) is 0 Å². The second-order valence-corrected chi connectivity index (χ2v) is 10.4. The summed E-state index contributed by atoms with van der Waals surface area (Å²) in [6, 6.07) is 19.9. The number of hydrogen-bond donors (Lipinski definition) is 1. The molecule has 0 aliphatic carbocycles. The number of anilines is 2. The Morgan fingerprint density at radius 2 is 1.68 bits per heavy atom. The van der Waals surface area contributed by atoms with E-state index in [4.69, 9.17) is 30.3 Å². The van der Waals surface area contributed by atoms with Crippen LogP contribution in [0.4, 0.5) is 16.0 Å². The van der Waals surface area contributed by atoms with Crippen LogP contribution < -0.4 is 30.9 Å². The van der Waals surface area contributed by atoms with E-state index < -0.39 is 17.2 Å². The number of methoxy groups -OCH3 is 1. The van der Waals surface area contributed by atoms with E-state index in [1.165, 1.54) is 22.8 Å².